The number of pyridine rings is 1. The maximum absolute atomic E-state index is 14.3. The van der Waals surface area contributed by atoms with E-state index in [4.69, 9.17) is 14.2 Å². The SMILES string of the molecule is CCN(C(=O)c1cc(F)ccc1Oc1cncnc1N1CC2(CC(Oc3ccnc4c3CN(C3CN(C(=O)OC(C)(C)C)C3)CC4)C2)C1)C(C)C. The molecule has 1 aliphatic carbocycles. The smallest absolute Gasteiger partial charge is 0.410 e. The van der Waals surface area contributed by atoms with Crippen molar-refractivity contribution < 1.29 is 28.2 Å². The molecule has 1 saturated carbocycles. The Morgan fingerprint density at radius 2 is 1.84 bits per heavy atom. The number of anilines is 1. The Kier molecular flexibility index (Phi) is 9.28. The Bertz CT molecular complexity index is 1780. The van der Waals surface area contributed by atoms with E-state index >= 15 is 0 Å². The van der Waals surface area contributed by atoms with Crippen LogP contribution in [0.1, 0.15) is 76.0 Å². The van der Waals surface area contributed by atoms with Crippen LogP contribution in [-0.2, 0) is 17.7 Å². The minimum absolute atomic E-state index is 0.0495. The van der Waals surface area contributed by atoms with Crippen LogP contribution in [0.2, 0.25) is 0 Å². The minimum atomic E-state index is -0.504. The molecule has 2 amide bonds. The van der Waals surface area contributed by atoms with Gasteiger partial charge < -0.3 is 28.9 Å². The lowest BCUT2D eigenvalue weighted by molar-refractivity contribution is -0.0366. The summed E-state index contributed by atoms with van der Waals surface area (Å²) in [4.78, 5) is 47.3. The molecule has 4 aliphatic rings. The molecule has 3 fully saturated rings. The standard InChI is InChI=1S/C38H48FN7O5/c1-7-46(24(2)3)35(47)28-14-25(39)8-9-31(28)50-33-17-40-23-42-34(33)45-21-38(22-45)15-27(16-38)49-32-10-12-41-30-11-13-43(20-29(30)32)26-18-44(19-26)36(48)51-37(4,5)6/h8-10,12,14,17,23-24,26-27H,7,11,13,15-16,18-22H2,1-6H3. The molecule has 2 aromatic heterocycles. The summed E-state index contributed by atoms with van der Waals surface area (Å²) in [5.41, 5.74) is 2.02. The first-order valence-electron chi connectivity index (χ1n) is 18.0. The zero-order chi connectivity index (χ0) is 36.1. The monoisotopic (exact) mass is 701 g/mol. The van der Waals surface area contributed by atoms with Gasteiger partial charge in [0.1, 0.15) is 35.3 Å². The van der Waals surface area contributed by atoms with Crippen LogP contribution in [0.4, 0.5) is 15.0 Å². The van der Waals surface area contributed by atoms with Crippen molar-refractivity contribution in [2.75, 3.05) is 44.2 Å². The van der Waals surface area contributed by atoms with Gasteiger partial charge in [-0.05, 0) is 78.6 Å². The normalized spacial score (nSPS) is 18.8. The summed E-state index contributed by atoms with van der Waals surface area (Å²) in [5.74, 6) is 1.43. The van der Waals surface area contributed by atoms with E-state index in [0.717, 1.165) is 62.4 Å². The van der Waals surface area contributed by atoms with Gasteiger partial charge >= 0.3 is 6.09 Å². The number of fused-ring (bicyclic) bond motifs is 1. The molecule has 2 saturated heterocycles. The molecule has 51 heavy (non-hydrogen) atoms. The van der Waals surface area contributed by atoms with Crippen molar-refractivity contribution in [3.63, 3.8) is 0 Å². The van der Waals surface area contributed by atoms with Crippen LogP contribution in [0.25, 0.3) is 0 Å². The Morgan fingerprint density at radius 1 is 1.08 bits per heavy atom. The van der Waals surface area contributed by atoms with E-state index in [-0.39, 0.29) is 40.9 Å². The second-order valence-electron chi connectivity index (χ2n) is 15.6. The number of carbonyl (C=O) groups excluding carboxylic acids is 2. The summed E-state index contributed by atoms with van der Waals surface area (Å²) in [6.45, 7) is 16.5. The Morgan fingerprint density at radius 3 is 2.55 bits per heavy atom. The molecule has 13 heteroatoms. The summed E-state index contributed by atoms with van der Waals surface area (Å²) >= 11 is 0. The number of aromatic nitrogens is 3. The number of hydrogen-bond acceptors (Lipinski definition) is 10. The predicted octanol–water partition coefficient (Wildman–Crippen LogP) is 5.70. The quantitative estimate of drug-likeness (QED) is 0.276. The van der Waals surface area contributed by atoms with Crippen molar-refractivity contribution in [3.8, 4) is 17.2 Å². The highest BCUT2D eigenvalue weighted by atomic mass is 19.1. The van der Waals surface area contributed by atoms with E-state index in [1.165, 1.54) is 24.5 Å². The molecule has 0 unspecified atom stereocenters. The van der Waals surface area contributed by atoms with Crippen molar-refractivity contribution in [2.24, 2.45) is 5.41 Å². The van der Waals surface area contributed by atoms with Crippen LogP contribution in [0.5, 0.6) is 17.2 Å². The molecular formula is C38H48FN7O5. The topological polar surface area (TPSA) is 113 Å². The second kappa shape index (κ2) is 13.6. The van der Waals surface area contributed by atoms with Crippen molar-refractivity contribution in [1.29, 1.82) is 0 Å². The molecule has 3 aromatic rings. The first-order valence-corrected chi connectivity index (χ1v) is 18.0. The fourth-order valence-electron chi connectivity index (χ4n) is 7.75. The summed E-state index contributed by atoms with van der Waals surface area (Å²) < 4.78 is 32.7. The van der Waals surface area contributed by atoms with Gasteiger partial charge in [0.15, 0.2) is 11.6 Å². The highest BCUT2D eigenvalue weighted by Crippen LogP contribution is 2.52. The van der Waals surface area contributed by atoms with Gasteiger partial charge in [-0.15, -0.1) is 0 Å². The number of rotatable bonds is 9. The van der Waals surface area contributed by atoms with Gasteiger partial charge in [0.2, 0.25) is 0 Å². The highest BCUT2D eigenvalue weighted by Gasteiger charge is 2.54. The van der Waals surface area contributed by atoms with E-state index in [1.807, 2.05) is 53.8 Å². The van der Waals surface area contributed by atoms with Crippen molar-refractivity contribution in [2.45, 2.75) is 91.1 Å². The van der Waals surface area contributed by atoms with Crippen LogP contribution in [0.3, 0.4) is 0 Å². The van der Waals surface area contributed by atoms with Crippen molar-refractivity contribution in [3.05, 3.63) is 65.6 Å². The molecule has 0 atom stereocenters. The van der Waals surface area contributed by atoms with E-state index < -0.39 is 11.4 Å². The number of ether oxygens (including phenoxy) is 3. The molecule has 12 nitrogen and oxygen atoms in total. The number of amides is 2. The molecule has 0 N–H and O–H groups in total. The lowest BCUT2D eigenvalue weighted by Crippen LogP contribution is -2.65. The largest absolute Gasteiger partial charge is 0.490 e. The van der Waals surface area contributed by atoms with E-state index in [1.54, 1.807) is 16.0 Å². The highest BCUT2D eigenvalue weighted by molar-refractivity contribution is 5.97. The number of benzene rings is 1. The zero-order valence-corrected chi connectivity index (χ0v) is 30.4. The summed E-state index contributed by atoms with van der Waals surface area (Å²) in [6.07, 6.45) is 7.49. The molecule has 5 heterocycles. The summed E-state index contributed by atoms with van der Waals surface area (Å²) in [6, 6.07) is 6.23. The molecule has 0 radical (unpaired) electrons. The van der Waals surface area contributed by atoms with Crippen LogP contribution >= 0.6 is 0 Å². The Labute approximate surface area is 298 Å². The van der Waals surface area contributed by atoms with Gasteiger partial charge in [0, 0.05) is 87.2 Å². The number of nitrogens with zero attached hydrogens (tertiary/aromatic N) is 7. The fourth-order valence-corrected chi connectivity index (χ4v) is 7.75. The van der Waals surface area contributed by atoms with Gasteiger partial charge in [-0.1, -0.05) is 0 Å². The second-order valence-corrected chi connectivity index (χ2v) is 15.6. The third kappa shape index (κ3) is 7.17. The average Bonchev–Trinajstić information content (AvgIpc) is 3.01. The average molecular weight is 702 g/mol. The van der Waals surface area contributed by atoms with Gasteiger partial charge in [-0.2, -0.15) is 0 Å². The molecular weight excluding hydrogens is 653 g/mol. The van der Waals surface area contributed by atoms with Gasteiger partial charge in [-0.25, -0.2) is 19.2 Å². The van der Waals surface area contributed by atoms with E-state index in [2.05, 4.69) is 24.8 Å². The van der Waals surface area contributed by atoms with E-state index in [9.17, 15) is 14.0 Å². The number of carbonyl (C=O) groups is 2. The van der Waals surface area contributed by atoms with Gasteiger partial charge in [0.25, 0.3) is 5.91 Å². The minimum Gasteiger partial charge on any atom is -0.490 e. The first-order chi connectivity index (χ1) is 24.3. The Hall–Kier alpha value is -4.52. The number of halogens is 1. The number of likely N-dealkylation sites (tertiary alicyclic amines) is 1. The number of hydrogen-bond donors (Lipinski definition) is 0. The molecule has 272 valence electrons. The van der Waals surface area contributed by atoms with Crippen LogP contribution in [0, 0.1) is 11.2 Å². The lowest BCUT2D eigenvalue weighted by atomic mass is 9.61. The maximum atomic E-state index is 14.3. The van der Waals surface area contributed by atoms with Gasteiger partial charge in [0.05, 0.1) is 11.8 Å². The maximum Gasteiger partial charge on any atom is 0.410 e. The van der Waals surface area contributed by atoms with Crippen molar-refractivity contribution in [1.82, 2.24) is 29.7 Å². The third-order valence-corrected chi connectivity index (χ3v) is 10.4. The molecule has 1 aromatic carbocycles. The molecule has 1 spiro atoms. The van der Waals surface area contributed by atoms with Gasteiger partial charge in [-0.3, -0.25) is 14.7 Å². The lowest BCUT2D eigenvalue weighted by Gasteiger charge is -2.59. The van der Waals surface area contributed by atoms with Crippen LogP contribution in [-0.4, -0.2) is 105 Å². The first kappa shape index (κ1) is 34.9. The summed E-state index contributed by atoms with van der Waals surface area (Å²) in [5, 5.41) is 0. The van der Waals surface area contributed by atoms with Crippen molar-refractivity contribution >= 4 is 17.8 Å². The Balaban J connectivity index is 0.954. The van der Waals surface area contributed by atoms with Crippen LogP contribution < -0.4 is 14.4 Å². The fraction of sp³-hybridized carbons (Fsp3) is 0.553. The van der Waals surface area contributed by atoms with Crippen LogP contribution in [0.15, 0.2) is 43.0 Å². The van der Waals surface area contributed by atoms with E-state index in [0.29, 0.717) is 37.2 Å². The predicted molar refractivity (Wildman–Crippen MR) is 189 cm³/mol. The zero-order valence-electron chi connectivity index (χ0n) is 30.4. The molecule has 3 aliphatic heterocycles. The third-order valence-electron chi connectivity index (χ3n) is 10.4. The molecule has 7 rings (SSSR count). The molecule has 0 bridgehead atoms. The summed E-state index contributed by atoms with van der Waals surface area (Å²) in [7, 11) is 0.